The summed E-state index contributed by atoms with van der Waals surface area (Å²) in [5.74, 6) is -4.53. The molecule has 0 aliphatic carbocycles. The molecule has 0 amide bonds. The third kappa shape index (κ3) is 3.88. The van der Waals surface area contributed by atoms with Gasteiger partial charge in [-0.3, -0.25) is 0 Å². The van der Waals surface area contributed by atoms with E-state index in [2.05, 4.69) is 5.16 Å². The molecule has 4 N–H and O–H groups in total. The monoisotopic (exact) mass is 404 g/mol. The number of aliphatic hydroxyl groups is 1. The summed E-state index contributed by atoms with van der Waals surface area (Å²) in [5.41, 5.74) is 1.62. The number of carboxylic acid groups (broad SMARTS) is 1. The molecule has 9 nitrogen and oxygen atoms in total. The number of rotatable bonds is 6. The molecule has 3 rings (SSSR count). The molecule has 10 heteroatoms. The van der Waals surface area contributed by atoms with Crippen LogP contribution in [-0.4, -0.2) is 35.5 Å². The number of carboxylic acids is 1. The summed E-state index contributed by atoms with van der Waals surface area (Å²) in [5, 5.41) is 28.1. The fraction of sp³-hybridized carbons (Fsp3) is 0.111. The Bertz CT molecular complexity index is 1100. The lowest BCUT2D eigenvalue weighted by Crippen LogP contribution is -2.41. The van der Waals surface area contributed by atoms with Crippen molar-refractivity contribution in [2.24, 2.45) is 5.14 Å². The Labute approximate surface area is 160 Å². The summed E-state index contributed by atoms with van der Waals surface area (Å²) in [6.45, 7) is 0.938. The third-order valence-corrected chi connectivity index (χ3v) is 4.80. The Morgan fingerprint density at radius 2 is 1.71 bits per heavy atom. The van der Waals surface area contributed by atoms with Crippen LogP contribution in [0.25, 0.3) is 22.4 Å². The Balaban J connectivity index is 2.16. The van der Waals surface area contributed by atoms with Crippen LogP contribution in [-0.2, 0) is 14.8 Å². The van der Waals surface area contributed by atoms with Crippen molar-refractivity contribution in [3.8, 4) is 28.3 Å². The number of carbonyl (C=O) groups is 1. The largest absolute Gasteiger partial charge is 0.476 e. The molecule has 0 spiro atoms. The van der Waals surface area contributed by atoms with E-state index in [0.29, 0.717) is 16.8 Å². The first-order chi connectivity index (χ1) is 13.1. The lowest BCUT2D eigenvalue weighted by molar-refractivity contribution is -0.191. The zero-order valence-electron chi connectivity index (χ0n) is 14.6. The highest BCUT2D eigenvalue weighted by Crippen LogP contribution is 2.40. The first-order valence-corrected chi connectivity index (χ1v) is 9.47. The highest BCUT2D eigenvalue weighted by atomic mass is 32.2. The van der Waals surface area contributed by atoms with Crippen LogP contribution in [0.1, 0.15) is 6.92 Å². The van der Waals surface area contributed by atoms with Crippen molar-refractivity contribution in [3.63, 3.8) is 0 Å². The second kappa shape index (κ2) is 7.08. The van der Waals surface area contributed by atoms with Gasteiger partial charge in [0.25, 0.3) is 0 Å². The average Bonchev–Trinajstić information content (AvgIpc) is 3.04. The van der Waals surface area contributed by atoms with Crippen molar-refractivity contribution in [2.45, 2.75) is 17.6 Å². The van der Waals surface area contributed by atoms with E-state index in [1.165, 1.54) is 24.3 Å². The molecular formula is C18H16N2O7S. The quantitative estimate of drug-likeness (QED) is 0.526. The summed E-state index contributed by atoms with van der Waals surface area (Å²) >= 11 is 0. The van der Waals surface area contributed by atoms with E-state index < -0.39 is 21.8 Å². The van der Waals surface area contributed by atoms with Crippen LogP contribution in [0.15, 0.2) is 64.0 Å². The van der Waals surface area contributed by atoms with E-state index in [0.717, 1.165) is 6.92 Å². The minimum atomic E-state index is -3.89. The molecule has 28 heavy (non-hydrogen) atoms. The topological polar surface area (TPSA) is 153 Å². The second-order valence-corrected chi connectivity index (χ2v) is 7.58. The second-order valence-electron chi connectivity index (χ2n) is 6.02. The molecule has 0 saturated heterocycles. The van der Waals surface area contributed by atoms with Crippen molar-refractivity contribution < 1.29 is 32.7 Å². The standard InChI is InChI=1S/C18H16N2O7S/c1-18(23,17(21)22)26-16-14(11-7-9-13(10-8-11)28(19,24)25)15(20-27-16)12-5-3-2-4-6-12/h2-10,23H,1H3,(H,21,22)(H2,19,24,25). The summed E-state index contributed by atoms with van der Waals surface area (Å²) in [7, 11) is -3.89. The van der Waals surface area contributed by atoms with E-state index in [4.69, 9.17) is 19.5 Å². The van der Waals surface area contributed by atoms with Gasteiger partial charge in [-0.15, -0.1) is 0 Å². The maximum atomic E-state index is 11.5. The van der Waals surface area contributed by atoms with Crippen LogP contribution in [0.2, 0.25) is 0 Å². The molecule has 1 unspecified atom stereocenters. The van der Waals surface area contributed by atoms with Gasteiger partial charge in [0.2, 0.25) is 10.0 Å². The van der Waals surface area contributed by atoms with Gasteiger partial charge in [-0.1, -0.05) is 47.6 Å². The molecule has 2 aromatic carbocycles. The molecule has 1 atom stereocenters. The van der Waals surface area contributed by atoms with E-state index in [1.807, 2.05) is 0 Å². The van der Waals surface area contributed by atoms with Gasteiger partial charge in [0, 0.05) is 12.5 Å². The normalized spacial score (nSPS) is 13.7. The zero-order valence-corrected chi connectivity index (χ0v) is 15.4. The number of ether oxygens (including phenoxy) is 1. The number of hydrogen-bond donors (Lipinski definition) is 3. The molecular weight excluding hydrogens is 388 g/mol. The number of primary sulfonamides is 1. The summed E-state index contributed by atoms with van der Waals surface area (Å²) in [6.07, 6.45) is 0. The van der Waals surface area contributed by atoms with Crippen LogP contribution < -0.4 is 9.88 Å². The number of sulfonamides is 1. The fourth-order valence-corrected chi connectivity index (χ4v) is 2.94. The van der Waals surface area contributed by atoms with Gasteiger partial charge in [-0.2, -0.15) is 0 Å². The van der Waals surface area contributed by atoms with Crippen molar-refractivity contribution in [3.05, 3.63) is 54.6 Å². The van der Waals surface area contributed by atoms with Crippen molar-refractivity contribution in [1.29, 1.82) is 0 Å². The summed E-state index contributed by atoms with van der Waals surface area (Å²) in [6, 6.07) is 14.3. The maximum absolute atomic E-state index is 11.5. The minimum Gasteiger partial charge on any atom is -0.476 e. The van der Waals surface area contributed by atoms with Gasteiger partial charge in [0.05, 0.1) is 10.5 Å². The van der Waals surface area contributed by atoms with Gasteiger partial charge < -0.3 is 19.5 Å². The van der Waals surface area contributed by atoms with Crippen LogP contribution in [0, 0.1) is 0 Å². The van der Waals surface area contributed by atoms with Gasteiger partial charge in [-0.25, -0.2) is 18.4 Å². The smallest absolute Gasteiger partial charge is 0.376 e. The third-order valence-electron chi connectivity index (χ3n) is 3.87. The maximum Gasteiger partial charge on any atom is 0.376 e. The highest BCUT2D eigenvalue weighted by molar-refractivity contribution is 7.89. The predicted molar refractivity (Wildman–Crippen MR) is 97.6 cm³/mol. The van der Waals surface area contributed by atoms with Crippen molar-refractivity contribution >= 4 is 16.0 Å². The Morgan fingerprint density at radius 3 is 2.25 bits per heavy atom. The minimum absolute atomic E-state index is 0.103. The fourth-order valence-electron chi connectivity index (χ4n) is 2.43. The lowest BCUT2D eigenvalue weighted by atomic mass is 10.0. The molecule has 0 aliphatic heterocycles. The number of nitrogens with zero attached hydrogens (tertiary/aromatic N) is 1. The summed E-state index contributed by atoms with van der Waals surface area (Å²) in [4.78, 5) is 11.1. The zero-order chi connectivity index (χ0) is 20.5. The average molecular weight is 404 g/mol. The van der Waals surface area contributed by atoms with Crippen LogP contribution >= 0.6 is 0 Å². The molecule has 0 aliphatic rings. The summed E-state index contributed by atoms with van der Waals surface area (Å²) < 4.78 is 33.2. The number of aliphatic carboxylic acids is 1. The Kier molecular flexibility index (Phi) is 4.94. The van der Waals surface area contributed by atoms with Crippen LogP contribution in [0.5, 0.6) is 5.95 Å². The van der Waals surface area contributed by atoms with Crippen molar-refractivity contribution in [2.75, 3.05) is 0 Å². The number of benzene rings is 2. The van der Waals surface area contributed by atoms with Crippen molar-refractivity contribution in [1.82, 2.24) is 5.16 Å². The lowest BCUT2D eigenvalue weighted by Gasteiger charge is -2.18. The van der Waals surface area contributed by atoms with Crippen LogP contribution in [0.3, 0.4) is 0 Å². The number of nitrogens with two attached hydrogens (primary N) is 1. The van der Waals surface area contributed by atoms with E-state index in [9.17, 15) is 18.3 Å². The highest BCUT2D eigenvalue weighted by Gasteiger charge is 2.36. The molecule has 0 bridgehead atoms. The molecule has 0 fully saturated rings. The first-order valence-electron chi connectivity index (χ1n) is 7.93. The van der Waals surface area contributed by atoms with E-state index in [1.54, 1.807) is 30.3 Å². The number of hydrogen-bond acceptors (Lipinski definition) is 7. The predicted octanol–water partition coefficient (Wildman–Crippen LogP) is 1.83. The van der Waals surface area contributed by atoms with Gasteiger partial charge >= 0.3 is 17.7 Å². The molecule has 0 radical (unpaired) electrons. The van der Waals surface area contributed by atoms with Gasteiger partial charge in [0.1, 0.15) is 5.69 Å². The SMILES string of the molecule is CC(O)(Oc1onc(-c2ccccc2)c1-c1ccc(S(N)(=O)=O)cc1)C(=O)O. The number of aromatic nitrogens is 1. The molecule has 1 heterocycles. The molecule has 146 valence electrons. The Morgan fingerprint density at radius 1 is 1.11 bits per heavy atom. The molecule has 3 aromatic rings. The molecule has 0 saturated carbocycles. The van der Waals surface area contributed by atoms with E-state index >= 15 is 0 Å². The Hall–Kier alpha value is -3.21. The van der Waals surface area contributed by atoms with Gasteiger partial charge in [-0.05, 0) is 17.7 Å². The molecule has 1 aromatic heterocycles. The van der Waals surface area contributed by atoms with Crippen LogP contribution in [0.4, 0.5) is 0 Å². The van der Waals surface area contributed by atoms with E-state index in [-0.39, 0.29) is 16.4 Å². The van der Waals surface area contributed by atoms with Gasteiger partial charge in [0.15, 0.2) is 0 Å². The first kappa shape index (κ1) is 19.5.